The first-order chi connectivity index (χ1) is 7.00. The number of aliphatic hydroxyl groups is 1. The fourth-order valence-electron chi connectivity index (χ4n) is 1.08. The summed E-state index contributed by atoms with van der Waals surface area (Å²) in [6.07, 6.45) is -1.64. The summed E-state index contributed by atoms with van der Waals surface area (Å²) in [4.78, 5) is 11.3. The van der Waals surface area contributed by atoms with Crippen LogP contribution in [0.25, 0.3) is 0 Å². The van der Waals surface area contributed by atoms with Gasteiger partial charge in [0, 0.05) is 0 Å². The largest absolute Gasteiger partial charge is 0.461 e. The van der Waals surface area contributed by atoms with Gasteiger partial charge in [0.2, 0.25) is 0 Å². The van der Waals surface area contributed by atoms with Crippen LogP contribution in [0.1, 0.15) is 25.5 Å². The molecule has 0 unspecified atom stereocenters. The Bertz CT molecular complexity index is 332. The molecule has 0 spiro atoms. The van der Waals surface area contributed by atoms with Crippen LogP contribution in [-0.2, 0) is 9.53 Å². The molecule has 0 aromatic heterocycles. The number of hydrogen-bond acceptors (Lipinski definition) is 3. The lowest BCUT2D eigenvalue weighted by Crippen LogP contribution is -2.19. The molecule has 0 radical (unpaired) electrons. The van der Waals surface area contributed by atoms with E-state index in [4.69, 9.17) is 4.74 Å². The third-order valence-corrected chi connectivity index (χ3v) is 1.76. The minimum atomic E-state index is -1.35. The van der Waals surface area contributed by atoms with Gasteiger partial charge in [-0.15, -0.1) is 0 Å². The zero-order valence-corrected chi connectivity index (χ0v) is 8.61. The quantitative estimate of drug-likeness (QED) is 0.777. The Morgan fingerprint density at radius 3 is 2.33 bits per heavy atom. The van der Waals surface area contributed by atoms with Crippen molar-refractivity contribution in [2.24, 2.45) is 0 Å². The molecular weight excluding hydrogens is 199 g/mol. The topological polar surface area (TPSA) is 46.5 Å². The maximum atomic E-state index is 12.6. The third-order valence-electron chi connectivity index (χ3n) is 1.76. The van der Waals surface area contributed by atoms with Gasteiger partial charge in [-0.1, -0.05) is 12.1 Å². The zero-order valence-electron chi connectivity index (χ0n) is 8.61. The van der Waals surface area contributed by atoms with Crippen molar-refractivity contribution in [3.8, 4) is 0 Å². The highest BCUT2D eigenvalue weighted by atomic mass is 19.1. The predicted octanol–water partition coefficient (Wildman–Crippen LogP) is 1.81. The third kappa shape index (κ3) is 3.32. The van der Waals surface area contributed by atoms with E-state index in [0.29, 0.717) is 5.56 Å². The molecule has 0 bridgehead atoms. The standard InChI is InChI=1S/C11H13FO3/c1-7(2)15-11(14)10(13)8-3-5-9(12)6-4-8/h3-7,10,13H,1-2H3/t10-/m1/s1. The average Bonchev–Trinajstić information content (AvgIpc) is 2.17. The monoisotopic (exact) mass is 212 g/mol. The summed E-state index contributed by atoms with van der Waals surface area (Å²) in [5, 5.41) is 9.53. The molecule has 0 heterocycles. The number of rotatable bonds is 3. The number of carbonyl (C=O) groups is 1. The van der Waals surface area contributed by atoms with E-state index in [2.05, 4.69) is 0 Å². The minimum absolute atomic E-state index is 0.285. The highest BCUT2D eigenvalue weighted by Crippen LogP contribution is 2.15. The summed E-state index contributed by atoms with van der Waals surface area (Å²) >= 11 is 0. The first kappa shape index (κ1) is 11.7. The highest BCUT2D eigenvalue weighted by molar-refractivity contribution is 5.76. The van der Waals surface area contributed by atoms with Crippen molar-refractivity contribution < 1.29 is 19.0 Å². The fourth-order valence-corrected chi connectivity index (χ4v) is 1.08. The minimum Gasteiger partial charge on any atom is -0.461 e. The van der Waals surface area contributed by atoms with Gasteiger partial charge in [-0.25, -0.2) is 9.18 Å². The van der Waals surface area contributed by atoms with Gasteiger partial charge in [-0.05, 0) is 31.5 Å². The number of aliphatic hydroxyl groups excluding tert-OH is 1. The lowest BCUT2D eigenvalue weighted by atomic mass is 10.1. The Kier molecular flexibility index (Phi) is 3.80. The van der Waals surface area contributed by atoms with E-state index in [-0.39, 0.29) is 6.10 Å². The van der Waals surface area contributed by atoms with Crippen molar-refractivity contribution in [3.05, 3.63) is 35.6 Å². The van der Waals surface area contributed by atoms with Crippen LogP contribution in [0.2, 0.25) is 0 Å². The van der Waals surface area contributed by atoms with Crippen LogP contribution < -0.4 is 0 Å². The lowest BCUT2D eigenvalue weighted by molar-refractivity contribution is -0.157. The molecule has 0 saturated carbocycles. The molecule has 1 atom stereocenters. The summed E-state index contributed by atoms with van der Waals surface area (Å²) in [6, 6.07) is 5.06. The summed E-state index contributed by atoms with van der Waals surface area (Å²) in [5.41, 5.74) is 0.321. The zero-order chi connectivity index (χ0) is 11.4. The van der Waals surface area contributed by atoms with Gasteiger partial charge in [0.1, 0.15) is 5.82 Å². The lowest BCUT2D eigenvalue weighted by Gasteiger charge is -2.13. The van der Waals surface area contributed by atoms with Crippen LogP contribution >= 0.6 is 0 Å². The normalized spacial score (nSPS) is 12.6. The molecule has 0 saturated heterocycles. The fraction of sp³-hybridized carbons (Fsp3) is 0.364. The van der Waals surface area contributed by atoms with Gasteiger partial charge in [0.25, 0.3) is 0 Å². The van der Waals surface area contributed by atoms with Crippen molar-refractivity contribution in [3.63, 3.8) is 0 Å². The van der Waals surface area contributed by atoms with Crippen molar-refractivity contribution in [1.82, 2.24) is 0 Å². The molecule has 1 aromatic carbocycles. The second kappa shape index (κ2) is 4.89. The Balaban J connectivity index is 2.71. The van der Waals surface area contributed by atoms with E-state index in [1.54, 1.807) is 13.8 Å². The highest BCUT2D eigenvalue weighted by Gasteiger charge is 2.19. The molecule has 1 rings (SSSR count). The number of esters is 1. The van der Waals surface area contributed by atoms with Gasteiger partial charge in [-0.2, -0.15) is 0 Å². The SMILES string of the molecule is CC(C)OC(=O)[C@H](O)c1ccc(F)cc1. The molecule has 3 nitrogen and oxygen atoms in total. The van der Waals surface area contributed by atoms with Crippen LogP contribution in [0.15, 0.2) is 24.3 Å². The van der Waals surface area contributed by atoms with E-state index in [9.17, 15) is 14.3 Å². The average molecular weight is 212 g/mol. The Labute approximate surface area is 87.5 Å². The van der Waals surface area contributed by atoms with E-state index in [1.807, 2.05) is 0 Å². The maximum absolute atomic E-state index is 12.6. The number of benzene rings is 1. The first-order valence-electron chi connectivity index (χ1n) is 4.64. The number of halogens is 1. The van der Waals surface area contributed by atoms with Crippen molar-refractivity contribution in [2.75, 3.05) is 0 Å². The van der Waals surface area contributed by atoms with Gasteiger partial charge in [0.15, 0.2) is 6.10 Å². The van der Waals surface area contributed by atoms with Crippen LogP contribution in [0.5, 0.6) is 0 Å². The molecule has 0 amide bonds. The second-order valence-corrected chi connectivity index (χ2v) is 3.44. The van der Waals surface area contributed by atoms with Gasteiger partial charge >= 0.3 is 5.97 Å². The molecule has 1 aromatic rings. The predicted molar refractivity (Wildman–Crippen MR) is 52.6 cm³/mol. The maximum Gasteiger partial charge on any atom is 0.339 e. The molecular formula is C11H13FO3. The van der Waals surface area contributed by atoms with Crippen molar-refractivity contribution in [2.45, 2.75) is 26.1 Å². The molecule has 0 aliphatic heterocycles. The molecule has 0 aliphatic rings. The molecule has 1 N–H and O–H groups in total. The van der Waals surface area contributed by atoms with Crippen molar-refractivity contribution in [1.29, 1.82) is 0 Å². The Morgan fingerprint density at radius 1 is 1.33 bits per heavy atom. The summed E-state index contributed by atoms with van der Waals surface area (Å²) in [6.45, 7) is 3.38. The van der Waals surface area contributed by atoms with Crippen molar-refractivity contribution >= 4 is 5.97 Å². The smallest absolute Gasteiger partial charge is 0.339 e. The number of ether oxygens (including phenoxy) is 1. The van der Waals surface area contributed by atoms with E-state index >= 15 is 0 Å². The molecule has 15 heavy (non-hydrogen) atoms. The molecule has 0 fully saturated rings. The van der Waals surface area contributed by atoms with E-state index in [1.165, 1.54) is 24.3 Å². The molecule has 82 valence electrons. The van der Waals surface area contributed by atoms with Crippen LogP contribution in [0.4, 0.5) is 4.39 Å². The van der Waals surface area contributed by atoms with Gasteiger partial charge < -0.3 is 9.84 Å². The second-order valence-electron chi connectivity index (χ2n) is 3.44. The van der Waals surface area contributed by atoms with Crippen LogP contribution in [0, 0.1) is 5.82 Å². The Hall–Kier alpha value is -1.42. The first-order valence-corrected chi connectivity index (χ1v) is 4.64. The Morgan fingerprint density at radius 2 is 1.87 bits per heavy atom. The number of carbonyl (C=O) groups excluding carboxylic acids is 1. The molecule has 4 heteroatoms. The summed E-state index contributed by atoms with van der Waals surface area (Å²) in [5.74, 6) is -1.14. The van der Waals surface area contributed by atoms with Gasteiger partial charge in [-0.3, -0.25) is 0 Å². The van der Waals surface area contributed by atoms with Crippen LogP contribution in [0.3, 0.4) is 0 Å². The van der Waals surface area contributed by atoms with E-state index in [0.717, 1.165) is 0 Å². The number of hydrogen-bond donors (Lipinski definition) is 1. The van der Waals surface area contributed by atoms with Crippen LogP contribution in [-0.4, -0.2) is 17.2 Å². The summed E-state index contributed by atoms with van der Waals surface area (Å²) < 4.78 is 17.4. The summed E-state index contributed by atoms with van der Waals surface area (Å²) in [7, 11) is 0. The van der Waals surface area contributed by atoms with Gasteiger partial charge in [0.05, 0.1) is 6.10 Å². The molecule has 0 aliphatic carbocycles. The van der Waals surface area contributed by atoms with E-state index < -0.39 is 17.9 Å².